The maximum absolute atomic E-state index is 7.90. The van der Waals surface area contributed by atoms with Crippen molar-refractivity contribution in [3.63, 3.8) is 0 Å². The molecular formula is C18H37ClSiSn. The summed E-state index contributed by atoms with van der Waals surface area (Å²) in [4.78, 5) is 0. The molecule has 0 heterocycles. The van der Waals surface area contributed by atoms with Crippen molar-refractivity contribution in [1.82, 2.24) is 0 Å². The minimum atomic E-state index is -2.59. The van der Waals surface area contributed by atoms with Crippen LogP contribution in [0, 0.1) is 5.92 Å². The van der Waals surface area contributed by atoms with Crippen LogP contribution in [-0.2, 0) is 0 Å². The van der Waals surface area contributed by atoms with Crippen LogP contribution in [0.1, 0.15) is 78.1 Å². The fourth-order valence-electron chi connectivity index (χ4n) is 5.76. The van der Waals surface area contributed by atoms with Crippen molar-refractivity contribution < 1.29 is 0 Å². The third kappa shape index (κ3) is 4.23. The molecule has 0 bridgehead atoms. The van der Waals surface area contributed by atoms with Crippen molar-refractivity contribution in [2.24, 2.45) is 5.92 Å². The zero-order chi connectivity index (χ0) is 15.5. The Balaban J connectivity index is 2.30. The number of rotatable bonds is 5. The normalized spacial score (nSPS) is 24.7. The Morgan fingerprint density at radius 1 is 0.810 bits per heavy atom. The van der Waals surface area contributed by atoms with Gasteiger partial charge in [-0.3, -0.25) is 0 Å². The first-order valence-electron chi connectivity index (χ1n) is 9.66. The predicted octanol–water partition coefficient (Wildman–Crippen LogP) is 6.89. The van der Waals surface area contributed by atoms with Crippen molar-refractivity contribution in [3.05, 3.63) is 0 Å². The molecule has 0 nitrogen and oxygen atoms in total. The van der Waals surface area contributed by atoms with Gasteiger partial charge in [0, 0.05) is 0 Å². The van der Waals surface area contributed by atoms with Crippen LogP contribution >= 0.6 is 8.92 Å². The first-order valence-corrected chi connectivity index (χ1v) is 21.2. The predicted molar refractivity (Wildman–Crippen MR) is 103 cm³/mol. The summed E-state index contributed by atoms with van der Waals surface area (Å²) in [5.74, 6) is 0.855. The third-order valence-corrected chi connectivity index (χ3v) is 40.5. The van der Waals surface area contributed by atoms with Gasteiger partial charge in [0.25, 0.3) is 0 Å². The molecule has 0 aliphatic heterocycles. The van der Waals surface area contributed by atoms with Gasteiger partial charge in [-0.2, -0.15) is 0 Å². The average Bonchev–Trinajstić information content (AvgIpc) is 2.48. The molecule has 0 N–H and O–H groups in total. The van der Waals surface area contributed by atoms with Gasteiger partial charge in [-0.05, 0) is 0 Å². The van der Waals surface area contributed by atoms with Crippen molar-refractivity contribution in [2.75, 3.05) is 0 Å². The summed E-state index contributed by atoms with van der Waals surface area (Å²) in [5.41, 5.74) is 0. The van der Waals surface area contributed by atoms with Crippen molar-refractivity contribution in [1.29, 1.82) is 0 Å². The monoisotopic (exact) mass is 436 g/mol. The van der Waals surface area contributed by atoms with E-state index in [1.807, 2.05) is 0 Å². The molecule has 0 saturated heterocycles. The maximum atomic E-state index is 7.90. The second-order valence-electron chi connectivity index (χ2n) is 8.51. The van der Waals surface area contributed by atoms with Crippen LogP contribution in [0.2, 0.25) is 24.5 Å². The first kappa shape index (κ1) is 18.6. The SMILES string of the molecule is CC(C)[CH]([SiH](C)C)[Sn]([Cl])([CH]1CCCCC1)[CH]1CCCCC1. The molecule has 2 rings (SSSR count). The fourth-order valence-corrected chi connectivity index (χ4v) is 45.7. The van der Waals surface area contributed by atoms with E-state index in [4.69, 9.17) is 8.92 Å². The molecule has 0 aromatic carbocycles. The van der Waals surface area contributed by atoms with Crippen LogP contribution in [0.25, 0.3) is 0 Å². The molecule has 21 heavy (non-hydrogen) atoms. The molecule has 2 saturated carbocycles. The van der Waals surface area contributed by atoms with Crippen LogP contribution in [0.3, 0.4) is 0 Å². The molecule has 0 spiro atoms. The molecule has 1 unspecified atom stereocenters. The first-order chi connectivity index (χ1) is 9.98. The van der Waals surface area contributed by atoms with E-state index in [2.05, 4.69) is 26.9 Å². The van der Waals surface area contributed by atoms with Gasteiger partial charge < -0.3 is 0 Å². The van der Waals surface area contributed by atoms with E-state index in [1.54, 1.807) is 0 Å². The standard InChI is InChI=1S/C6H15Si.2C6H11.ClH.Sn/c1-6(2)5-7(3)4;2*1-2-4-6-5-3-1;;/h5-7H,1-4H3;2*1H,2-6H2;1H;/q;;;;+1/p-1. The van der Waals surface area contributed by atoms with Crippen LogP contribution in [0.4, 0.5) is 0 Å². The van der Waals surface area contributed by atoms with E-state index < -0.39 is 26.0 Å². The van der Waals surface area contributed by atoms with Crippen LogP contribution in [0.15, 0.2) is 0 Å². The van der Waals surface area contributed by atoms with Gasteiger partial charge >= 0.3 is 143 Å². The Bertz CT molecular complexity index is 280. The molecule has 2 aliphatic rings. The number of hydrogen-bond donors (Lipinski definition) is 0. The van der Waals surface area contributed by atoms with Gasteiger partial charge in [-0.25, -0.2) is 0 Å². The van der Waals surface area contributed by atoms with Gasteiger partial charge in [-0.1, -0.05) is 0 Å². The second-order valence-corrected chi connectivity index (χ2v) is 29.3. The number of hydrogen-bond acceptors (Lipinski definition) is 0. The Hall–Kier alpha value is 1.31. The molecule has 0 aromatic rings. The third-order valence-electron chi connectivity index (χ3n) is 6.41. The van der Waals surface area contributed by atoms with Gasteiger partial charge in [-0.15, -0.1) is 0 Å². The molecule has 0 aromatic heterocycles. The van der Waals surface area contributed by atoms with Gasteiger partial charge in [0.05, 0.1) is 0 Å². The van der Waals surface area contributed by atoms with E-state index in [0.29, 0.717) is 0 Å². The van der Waals surface area contributed by atoms with E-state index in [-0.39, 0.29) is 0 Å². The average molecular weight is 436 g/mol. The van der Waals surface area contributed by atoms with Gasteiger partial charge in [0.2, 0.25) is 0 Å². The number of halogens is 1. The van der Waals surface area contributed by atoms with E-state index >= 15 is 0 Å². The van der Waals surface area contributed by atoms with Crippen molar-refractivity contribution in [2.45, 2.75) is 103 Å². The Labute approximate surface area is 143 Å². The summed E-state index contributed by atoms with van der Waals surface area (Å²) in [5, 5.41) is 0. The second kappa shape index (κ2) is 8.42. The zero-order valence-electron chi connectivity index (χ0n) is 14.8. The van der Waals surface area contributed by atoms with Crippen molar-refractivity contribution in [3.8, 4) is 0 Å². The van der Waals surface area contributed by atoms with Gasteiger partial charge in [0.1, 0.15) is 0 Å². The summed E-state index contributed by atoms with van der Waals surface area (Å²) in [7, 11) is 7.25. The Morgan fingerprint density at radius 3 is 1.48 bits per heavy atom. The van der Waals surface area contributed by atoms with Crippen LogP contribution in [-0.4, -0.2) is 26.0 Å². The van der Waals surface area contributed by atoms with E-state index in [1.165, 1.54) is 64.2 Å². The molecule has 2 aliphatic carbocycles. The van der Waals surface area contributed by atoms with Gasteiger partial charge in [0.15, 0.2) is 0 Å². The summed E-state index contributed by atoms with van der Waals surface area (Å²) >= 11 is -2.59. The topological polar surface area (TPSA) is 0 Å². The molecule has 2 fully saturated rings. The summed E-state index contributed by atoms with van der Waals surface area (Å²) < 4.78 is 3.05. The summed E-state index contributed by atoms with van der Waals surface area (Å²) in [6.45, 7) is 10.2. The molecular weight excluding hydrogens is 398 g/mol. The Kier molecular flexibility index (Phi) is 7.47. The zero-order valence-corrected chi connectivity index (χ0v) is 19.6. The molecule has 3 heteroatoms. The van der Waals surface area contributed by atoms with Crippen molar-refractivity contribution >= 4 is 35.0 Å². The quantitative estimate of drug-likeness (QED) is 0.412. The fraction of sp³-hybridized carbons (Fsp3) is 1.00. The molecule has 124 valence electrons. The minimum absolute atomic E-state index is 0.649. The van der Waals surface area contributed by atoms with Crippen LogP contribution in [0.5, 0.6) is 0 Å². The molecule has 1 atom stereocenters. The van der Waals surface area contributed by atoms with Crippen LogP contribution < -0.4 is 0 Å². The van der Waals surface area contributed by atoms with E-state index in [9.17, 15) is 0 Å². The Morgan fingerprint density at radius 2 is 1.19 bits per heavy atom. The van der Waals surface area contributed by atoms with E-state index in [0.717, 1.165) is 17.3 Å². The summed E-state index contributed by atoms with van der Waals surface area (Å²) in [6, 6.07) is 0. The molecule has 0 amide bonds. The molecule has 0 radical (unpaired) electrons. The summed E-state index contributed by atoms with van der Waals surface area (Å²) in [6.07, 6.45) is 14.9.